The number of rotatable bonds is 7. The third kappa shape index (κ3) is 5.00. The zero-order valence-electron chi connectivity index (χ0n) is 16.1. The van der Waals surface area contributed by atoms with Crippen LogP contribution in [0.4, 0.5) is 5.69 Å². The number of nitrogens with zero attached hydrogens (tertiary/aromatic N) is 2. The summed E-state index contributed by atoms with van der Waals surface area (Å²) >= 11 is 6.10. The molecule has 0 aliphatic heterocycles. The topological polar surface area (TPSA) is 49.8 Å². The predicted molar refractivity (Wildman–Crippen MR) is 117 cm³/mol. The first-order valence-electron chi connectivity index (χ1n) is 10.2. The van der Waals surface area contributed by atoms with Gasteiger partial charge >= 0.3 is 0 Å². The summed E-state index contributed by atoms with van der Waals surface area (Å²) in [7, 11) is 0. The number of halogens is 1. The molecule has 0 radical (unpaired) electrons. The van der Waals surface area contributed by atoms with Crippen LogP contribution in [0.2, 0.25) is 5.02 Å². The van der Waals surface area contributed by atoms with Crippen molar-refractivity contribution >= 4 is 28.2 Å². The average Bonchev–Trinajstić information content (AvgIpc) is 2.73. The van der Waals surface area contributed by atoms with Crippen LogP contribution in [0.5, 0.6) is 0 Å². The van der Waals surface area contributed by atoms with Gasteiger partial charge in [-0.15, -0.1) is 0 Å². The van der Waals surface area contributed by atoms with E-state index in [0.717, 1.165) is 34.6 Å². The van der Waals surface area contributed by atoms with Gasteiger partial charge in [-0.1, -0.05) is 11.6 Å². The van der Waals surface area contributed by atoms with Crippen LogP contribution in [-0.2, 0) is 6.42 Å². The van der Waals surface area contributed by atoms with Gasteiger partial charge in [0.25, 0.3) is 0 Å². The van der Waals surface area contributed by atoms with Crippen LogP contribution in [0.15, 0.2) is 55.0 Å². The minimum Gasteiger partial charge on any atom is -0.382 e. The summed E-state index contributed by atoms with van der Waals surface area (Å²) in [4.78, 5) is 8.51. The highest BCUT2D eigenvalue weighted by Crippen LogP contribution is 2.28. The molecule has 1 aliphatic carbocycles. The third-order valence-electron chi connectivity index (χ3n) is 5.62. The van der Waals surface area contributed by atoms with E-state index in [9.17, 15) is 0 Å². The summed E-state index contributed by atoms with van der Waals surface area (Å²) in [5.41, 5.74) is 3.48. The third-order valence-corrected chi connectivity index (χ3v) is 5.85. The van der Waals surface area contributed by atoms with Gasteiger partial charge in [0.15, 0.2) is 0 Å². The number of benzene rings is 1. The van der Waals surface area contributed by atoms with Crippen LogP contribution < -0.4 is 10.6 Å². The van der Waals surface area contributed by atoms with Gasteiger partial charge in [0.05, 0.1) is 5.52 Å². The molecule has 1 fully saturated rings. The zero-order chi connectivity index (χ0) is 19.2. The van der Waals surface area contributed by atoms with Crippen molar-refractivity contribution in [2.75, 3.05) is 11.9 Å². The lowest BCUT2D eigenvalue weighted by atomic mass is 9.90. The fourth-order valence-corrected chi connectivity index (χ4v) is 4.22. The minimum absolute atomic E-state index is 0.524. The molecule has 1 aliphatic rings. The quantitative estimate of drug-likeness (QED) is 0.539. The normalized spacial score (nSPS) is 19.6. The number of anilines is 1. The van der Waals surface area contributed by atoms with E-state index in [1.165, 1.54) is 37.7 Å². The van der Waals surface area contributed by atoms with Crippen LogP contribution in [0, 0.1) is 0 Å². The van der Waals surface area contributed by atoms with E-state index >= 15 is 0 Å². The summed E-state index contributed by atoms with van der Waals surface area (Å²) in [6, 6.07) is 13.4. The number of hydrogen-bond donors (Lipinski definition) is 2. The molecule has 4 nitrogen and oxygen atoms in total. The molecule has 0 amide bonds. The first-order chi connectivity index (χ1) is 13.8. The van der Waals surface area contributed by atoms with Crippen molar-refractivity contribution < 1.29 is 0 Å². The van der Waals surface area contributed by atoms with E-state index < -0.39 is 0 Å². The molecule has 0 unspecified atom stereocenters. The van der Waals surface area contributed by atoms with E-state index in [-0.39, 0.29) is 0 Å². The Morgan fingerprint density at radius 2 is 1.71 bits per heavy atom. The smallest absolute Gasteiger partial charge is 0.0737 e. The number of pyridine rings is 2. The molecule has 0 bridgehead atoms. The average molecular weight is 395 g/mol. The fourth-order valence-electron chi connectivity index (χ4n) is 4.06. The van der Waals surface area contributed by atoms with Crippen molar-refractivity contribution in [1.82, 2.24) is 15.3 Å². The van der Waals surface area contributed by atoms with Gasteiger partial charge in [0.2, 0.25) is 0 Å². The second-order valence-corrected chi connectivity index (χ2v) is 8.06. The Kier molecular flexibility index (Phi) is 6.40. The van der Waals surface area contributed by atoms with Gasteiger partial charge in [-0.3, -0.25) is 9.97 Å². The standard InChI is InChI=1S/C23H27ClN4/c24-18-3-8-21-22(11-15-27-23(21)16-18)28-20-6-4-19(5-7-20)26-12-1-2-17-9-13-25-14-10-17/h3,8-11,13-16,19-20,26H,1-2,4-7,12H2,(H,27,28)/t19-,20+. The molecule has 5 heteroatoms. The number of nitrogens with one attached hydrogen (secondary N) is 2. The minimum atomic E-state index is 0.524. The van der Waals surface area contributed by atoms with Crippen LogP contribution >= 0.6 is 11.6 Å². The van der Waals surface area contributed by atoms with Gasteiger partial charge < -0.3 is 10.6 Å². The Balaban J connectivity index is 1.22. The molecule has 0 atom stereocenters. The monoisotopic (exact) mass is 394 g/mol. The molecule has 2 heterocycles. The molecule has 2 N–H and O–H groups in total. The number of fused-ring (bicyclic) bond motifs is 1. The Hall–Kier alpha value is -2.17. The van der Waals surface area contributed by atoms with Gasteiger partial charge in [0, 0.05) is 46.8 Å². The number of aromatic nitrogens is 2. The van der Waals surface area contributed by atoms with E-state index in [4.69, 9.17) is 11.6 Å². The van der Waals surface area contributed by atoms with E-state index in [0.29, 0.717) is 12.1 Å². The summed E-state index contributed by atoms with van der Waals surface area (Å²) in [6.07, 6.45) is 12.7. The molecule has 0 saturated heterocycles. The molecule has 2 aromatic heterocycles. The second kappa shape index (κ2) is 9.35. The van der Waals surface area contributed by atoms with Gasteiger partial charge in [-0.2, -0.15) is 0 Å². The van der Waals surface area contributed by atoms with Crippen molar-refractivity contribution in [2.24, 2.45) is 0 Å². The van der Waals surface area contributed by atoms with Crippen LogP contribution in [0.1, 0.15) is 37.7 Å². The highest BCUT2D eigenvalue weighted by atomic mass is 35.5. The van der Waals surface area contributed by atoms with Crippen LogP contribution in [-0.4, -0.2) is 28.6 Å². The second-order valence-electron chi connectivity index (χ2n) is 7.63. The maximum atomic E-state index is 6.10. The van der Waals surface area contributed by atoms with Crippen molar-refractivity contribution in [2.45, 2.75) is 50.6 Å². The Morgan fingerprint density at radius 3 is 2.54 bits per heavy atom. The summed E-state index contributed by atoms with van der Waals surface area (Å²) < 4.78 is 0. The van der Waals surface area contributed by atoms with E-state index in [1.807, 2.05) is 30.7 Å². The molecule has 1 saturated carbocycles. The highest BCUT2D eigenvalue weighted by molar-refractivity contribution is 6.31. The lowest BCUT2D eigenvalue weighted by Crippen LogP contribution is -2.37. The molecular weight excluding hydrogens is 368 g/mol. The molecule has 0 spiro atoms. The Morgan fingerprint density at radius 1 is 0.929 bits per heavy atom. The van der Waals surface area contributed by atoms with Crippen molar-refractivity contribution in [1.29, 1.82) is 0 Å². The van der Waals surface area contributed by atoms with E-state index in [1.54, 1.807) is 0 Å². The predicted octanol–water partition coefficient (Wildman–Crippen LogP) is 5.23. The zero-order valence-corrected chi connectivity index (χ0v) is 16.8. The van der Waals surface area contributed by atoms with Crippen molar-refractivity contribution in [3.05, 3.63) is 65.6 Å². The number of aryl methyl sites for hydroxylation is 1. The largest absolute Gasteiger partial charge is 0.382 e. The molecule has 1 aromatic carbocycles. The summed E-state index contributed by atoms with van der Waals surface area (Å²) in [5, 5.41) is 9.35. The fraction of sp³-hybridized carbons (Fsp3) is 0.391. The first-order valence-corrected chi connectivity index (χ1v) is 10.6. The van der Waals surface area contributed by atoms with E-state index in [2.05, 4.69) is 44.9 Å². The van der Waals surface area contributed by atoms with Crippen LogP contribution in [0.3, 0.4) is 0 Å². The van der Waals surface area contributed by atoms with Crippen molar-refractivity contribution in [3.63, 3.8) is 0 Å². The maximum Gasteiger partial charge on any atom is 0.0737 e. The Bertz CT molecular complexity index is 892. The maximum absolute atomic E-state index is 6.10. The summed E-state index contributed by atoms with van der Waals surface area (Å²) in [5.74, 6) is 0. The highest BCUT2D eigenvalue weighted by Gasteiger charge is 2.21. The molecule has 146 valence electrons. The molecular formula is C23H27ClN4. The summed E-state index contributed by atoms with van der Waals surface area (Å²) in [6.45, 7) is 1.08. The van der Waals surface area contributed by atoms with Gasteiger partial charge in [-0.05, 0) is 87.0 Å². The lowest BCUT2D eigenvalue weighted by molar-refractivity contribution is 0.353. The lowest BCUT2D eigenvalue weighted by Gasteiger charge is -2.30. The van der Waals surface area contributed by atoms with Crippen molar-refractivity contribution in [3.8, 4) is 0 Å². The van der Waals surface area contributed by atoms with Gasteiger partial charge in [0.1, 0.15) is 0 Å². The Labute approximate surface area is 171 Å². The van der Waals surface area contributed by atoms with Gasteiger partial charge in [-0.25, -0.2) is 0 Å². The first kappa shape index (κ1) is 19.2. The molecule has 4 rings (SSSR count). The number of hydrogen-bond acceptors (Lipinski definition) is 4. The molecule has 3 aromatic rings. The SMILES string of the molecule is Clc1ccc2c(N[C@H]3CC[C@@H](NCCCc4ccncc4)CC3)ccnc2c1. The molecule has 28 heavy (non-hydrogen) atoms. The van der Waals surface area contributed by atoms with Crippen LogP contribution in [0.25, 0.3) is 10.9 Å².